The summed E-state index contributed by atoms with van der Waals surface area (Å²) < 4.78 is 5.11. The second-order valence-corrected chi connectivity index (χ2v) is 4.88. The largest absolute Gasteiger partial charge is 0.385 e. The summed E-state index contributed by atoms with van der Waals surface area (Å²) in [6.07, 6.45) is 5.25. The summed E-state index contributed by atoms with van der Waals surface area (Å²) in [5.74, 6) is 0.0347. The molecule has 1 aliphatic carbocycles. The Labute approximate surface area is 104 Å². The monoisotopic (exact) mass is 240 g/mol. The van der Waals surface area contributed by atoms with E-state index in [9.17, 15) is 4.79 Å². The van der Waals surface area contributed by atoms with Gasteiger partial charge in [-0.15, -0.1) is 6.58 Å². The molecule has 0 bridgehead atoms. The van der Waals surface area contributed by atoms with Crippen LogP contribution in [0.1, 0.15) is 26.2 Å². The van der Waals surface area contributed by atoms with Gasteiger partial charge in [0.1, 0.15) is 0 Å². The Hall–Kier alpha value is -0.870. The topological polar surface area (TPSA) is 50.4 Å². The smallest absolute Gasteiger partial charge is 0.237 e. The number of hydrogen-bond donors (Lipinski definition) is 2. The fourth-order valence-electron chi connectivity index (χ4n) is 1.80. The van der Waals surface area contributed by atoms with Crippen molar-refractivity contribution in [2.75, 3.05) is 26.8 Å². The van der Waals surface area contributed by atoms with Gasteiger partial charge >= 0.3 is 0 Å². The number of nitrogens with one attached hydrogen (secondary N) is 2. The highest BCUT2D eigenvalue weighted by Gasteiger charge is 2.41. The van der Waals surface area contributed by atoms with E-state index in [1.807, 2.05) is 6.92 Å². The normalized spacial score (nSPS) is 18.5. The number of amides is 1. The van der Waals surface area contributed by atoms with Crippen LogP contribution in [0.15, 0.2) is 12.7 Å². The Bertz CT molecular complexity index is 262. The SMILES string of the molecule is C=CCNC(=O)C(C)NCC1(CCOC)CC1. The number of hydrogen-bond acceptors (Lipinski definition) is 3. The van der Waals surface area contributed by atoms with Crippen molar-refractivity contribution in [3.63, 3.8) is 0 Å². The van der Waals surface area contributed by atoms with Gasteiger partial charge in [-0.2, -0.15) is 0 Å². The molecule has 0 spiro atoms. The van der Waals surface area contributed by atoms with Crippen molar-refractivity contribution in [3.8, 4) is 0 Å². The average Bonchev–Trinajstić information content (AvgIpc) is 3.11. The van der Waals surface area contributed by atoms with E-state index in [1.54, 1.807) is 13.2 Å². The van der Waals surface area contributed by atoms with Gasteiger partial charge in [-0.3, -0.25) is 4.79 Å². The quantitative estimate of drug-likeness (QED) is 0.593. The highest BCUT2D eigenvalue weighted by Crippen LogP contribution is 2.48. The highest BCUT2D eigenvalue weighted by molar-refractivity contribution is 5.81. The molecule has 0 aliphatic heterocycles. The number of ether oxygens (including phenoxy) is 1. The first-order valence-electron chi connectivity index (χ1n) is 6.24. The fraction of sp³-hybridized carbons (Fsp3) is 0.769. The van der Waals surface area contributed by atoms with Gasteiger partial charge in [-0.05, 0) is 31.6 Å². The second kappa shape index (κ2) is 6.77. The summed E-state index contributed by atoms with van der Waals surface area (Å²) >= 11 is 0. The van der Waals surface area contributed by atoms with Crippen LogP contribution in [0, 0.1) is 5.41 Å². The Kier molecular flexibility index (Phi) is 5.65. The Morgan fingerprint density at radius 3 is 2.82 bits per heavy atom. The first-order chi connectivity index (χ1) is 8.13. The molecule has 0 radical (unpaired) electrons. The van der Waals surface area contributed by atoms with Crippen molar-refractivity contribution in [2.45, 2.75) is 32.2 Å². The molecule has 17 heavy (non-hydrogen) atoms. The van der Waals surface area contributed by atoms with E-state index >= 15 is 0 Å². The molecule has 2 N–H and O–H groups in total. The van der Waals surface area contributed by atoms with Gasteiger partial charge in [0.15, 0.2) is 0 Å². The van der Waals surface area contributed by atoms with Crippen LogP contribution in [0.2, 0.25) is 0 Å². The minimum atomic E-state index is -0.144. The van der Waals surface area contributed by atoms with Crippen molar-refractivity contribution in [1.82, 2.24) is 10.6 Å². The lowest BCUT2D eigenvalue weighted by Gasteiger charge is -2.19. The molecular formula is C13H24N2O2. The van der Waals surface area contributed by atoms with Crippen LogP contribution in [0.3, 0.4) is 0 Å². The number of carbonyl (C=O) groups is 1. The van der Waals surface area contributed by atoms with E-state index in [2.05, 4.69) is 17.2 Å². The van der Waals surface area contributed by atoms with Crippen molar-refractivity contribution >= 4 is 5.91 Å². The molecule has 4 heteroatoms. The summed E-state index contributed by atoms with van der Waals surface area (Å²) in [5.41, 5.74) is 0.378. The first-order valence-corrected chi connectivity index (χ1v) is 6.24. The number of carbonyl (C=O) groups excluding carboxylic acids is 1. The molecule has 1 amide bonds. The Balaban J connectivity index is 2.20. The molecule has 4 nitrogen and oxygen atoms in total. The maximum atomic E-state index is 11.6. The van der Waals surface area contributed by atoms with Crippen LogP contribution in [0.25, 0.3) is 0 Å². The van der Waals surface area contributed by atoms with Crippen LogP contribution >= 0.6 is 0 Å². The second-order valence-electron chi connectivity index (χ2n) is 4.88. The third kappa shape index (κ3) is 4.88. The molecule has 0 aromatic rings. The predicted molar refractivity (Wildman–Crippen MR) is 68.8 cm³/mol. The molecule has 0 heterocycles. The summed E-state index contributed by atoms with van der Waals surface area (Å²) in [4.78, 5) is 11.6. The third-order valence-corrected chi connectivity index (χ3v) is 3.39. The van der Waals surface area contributed by atoms with E-state index in [0.717, 1.165) is 19.6 Å². The van der Waals surface area contributed by atoms with Crippen molar-refractivity contribution in [3.05, 3.63) is 12.7 Å². The Morgan fingerprint density at radius 2 is 2.29 bits per heavy atom. The fourth-order valence-corrected chi connectivity index (χ4v) is 1.80. The molecular weight excluding hydrogens is 216 g/mol. The van der Waals surface area contributed by atoms with Gasteiger partial charge in [-0.1, -0.05) is 6.08 Å². The molecule has 0 aromatic carbocycles. The van der Waals surface area contributed by atoms with Crippen LogP contribution in [0.5, 0.6) is 0 Å². The predicted octanol–water partition coefficient (Wildman–Crippen LogP) is 1.08. The van der Waals surface area contributed by atoms with Crippen molar-refractivity contribution in [2.24, 2.45) is 5.41 Å². The molecule has 1 fully saturated rings. The van der Waals surface area contributed by atoms with Gasteiger partial charge in [0.2, 0.25) is 5.91 Å². The molecule has 0 aromatic heterocycles. The zero-order chi connectivity index (χ0) is 12.7. The van der Waals surface area contributed by atoms with Crippen LogP contribution in [-0.2, 0) is 9.53 Å². The van der Waals surface area contributed by atoms with Gasteiger partial charge in [-0.25, -0.2) is 0 Å². The third-order valence-electron chi connectivity index (χ3n) is 3.39. The molecule has 0 saturated heterocycles. The van der Waals surface area contributed by atoms with Gasteiger partial charge in [0.05, 0.1) is 6.04 Å². The highest BCUT2D eigenvalue weighted by atomic mass is 16.5. The minimum Gasteiger partial charge on any atom is -0.385 e. The molecule has 98 valence electrons. The van der Waals surface area contributed by atoms with E-state index in [-0.39, 0.29) is 11.9 Å². The first kappa shape index (κ1) is 14.2. The molecule has 1 saturated carbocycles. The van der Waals surface area contributed by atoms with Crippen molar-refractivity contribution in [1.29, 1.82) is 0 Å². The summed E-state index contributed by atoms with van der Waals surface area (Å²) in [5, 5.41) is 6.09. The molecule has 1 aliphatic rings. The maximum Gasteiger partial charge on any atom is 0.237 e. The lowest BCUT2D eigenvalue weighted by atomic mass is 10.0. The summed E-state index contributed by atoms with van der Waals surface area (Å²) in [6.45, 7) is 7.70. The summed E-state index contributed by atoms with van der Waals surface area (Å²) in [7, 11) is 1.73. The zero-order valence-corrected chi connectivity index (χ0v) is 10.9. The van der Waals surface area contributed by atoms with Gasteiger partial charge in [0.25, 0.3) is 0 Å². The van der Waals surface area contributed by atoms with Gasteiger partial charge in [0, 0.05) is 26.8 Å². The minimum absolute atomic E-state index is 0.0347. The van der Waals surface area contributed by atoms with Gasteiger partial charge < -0.3 is 15.4 Å². The summed E-state index contributed by atoms with van der Waals surface area (Å²) in [6, 6.07) is -0.144. The standard InChI is InChI=1S/C13H24N2O2/c1-4-8-14-12(16)11(2)15-10-13(5-6-13)7-9-17-3/h4,11,15H,1,5-10H2,2-3H3,(H,14,16). The van der Waals surface area contributed by atoms with E-state index < -0.39 is 0 Å². The van der Waals surface area contributed by atoms with Crippen LogP contribution < -0.4 is 10.6 Å². The van der Waals surface area contributed by atoms with E-state index in [1.165, 1.54) is 12.8 Å². The zero-order valence-electron chi connectivity index (χ0n) is 10.9. The van der Waals surface area contributed by atoms with Crippen molar-refractivity contribution < 1.29 is 9.53 Å². The maximum absolute atomic E-state index is 11.6. The molecule has 1 atom stereocenters. The molecule has 1 unspecified atom stereocenters. The average molecular weight is 240 g/mol. The van der Waals surface area contributed by atoms with Crippen LogP contribution in [0.4, 0.5) is 0 Å². The lowest BCUT2D eigenvalue weighted by molar-refractivity contribution is -0.122. The molecule has 1 rings (SSSR count). The van der Waals surface area contributed by atoms with E-state index in [0.29, 0.717) is 12.0 Å². The Morgan fingerprint density at radius 1 is 1.59 bits per heavy atom. The lowest BCUT2D eigenvalue weighted by Crippen LogP contribution is -2.44. The number of rotatable bonds is 9. The van der Waals surface area contributed by atoms with E-state index in [4.69, 9.17) is 4.74 Å². The van der Waals surface area contributed by atoms with Crippen LogP contribution in [-0.4, -0.2) is 38.8 Å². The number of methoxy groups -OCH3 is 1.